The van der Waals surface area contributed by atoms with Crippen LogP contribution in [0.4, 0.5) is 11.4 Å². The van der Waals surface area contributed by atoms with E-state index in [1.165, 1.54) is 0 Å². The van der Waals surface area contributed by atoms with Crippen molar-refractivity contribution in [1.29, 1.82) is 0 Å². The maximum Gasteiger partial charge on any atom is 0.279 e. The molecule has 30 heavy (non-hydrogen) atoms. The van der Waals surface area contributed by atoms with Crippen LogP contribution in [0.5, 0.6) is 5.75 Å². The fourth-order valence-corrected chi connectivity index (χ4v) is 3.33. The van der Waals surface area contributed by atoms with Crippen molar-refractivity contribution < 1.29 is 43.4 Å². The van der Waals surface area contributed by atoms with Crippen LogP contribution in [0.2, 0.25) is 0 Å². The normalized spacial score (nSPS) is 10.7. The molecule has 0 saturated heterocycles. The van der Waals surface area contributed by atoms with Crippen LogP contribution in [-0.2, 0) is 18.4 Å². The van der Waals surface area contributed by atoms with E-state index in [-0.39, 0.29) is 30.7 Å². The first-order valence-electron chi connectivity index (χ1n) is 10.1. The second-order valence-electron chi connectivity index (χ2n) is 7.27. The minimum Gasteiger partial charge on any atom is -1.00 e. The maximum atomic E-state index is 12.7. The minimum atomic E-state index is -0.0131. The zero-order valence-electron chi connectivity index (χ0n) is 18.4. The Labute approximate surface area is 192 Å². The van der Waals surface area contributed by atoms with Gasteiger partial charge in [0.2, 0.25) is 6.33 Å². The smallest absolute Gasteiger partial charge is 0.279 e. The third kappa shape index (κ3) is 8.05. The first kappa shape index (κ1) is 28.0. The number of benzene rings is 1. The van der Waals surface area contributed by atoms with Crippen LogP contribution in [0.15, 0.2) is 36.9 Å². The van der Waals surface area contributed by atoms with Gasteiger partial charge in [0.1, 0.15) is 18.1 Å². The lowest BCUT2D eigenvalue weighted by molar-refractivity contribution is -0.915. The Bertz CT molecular complexity index is 770. The molecule has 0 saturated carbocycles. The molecule has 0 aliphatic heterocycles. The van der Waals surface area contributed by atoms with E-state index in [2.05, 4.69) is 30.7 Å². The van der Waals surface area contributed by atoms with E-state index in [0.29, 0.717) is 30.3 Å². The molecule has 0 aliphatic carbocycles. The average Bonchev–Trinajstić information content (AvgIpc) is 3.10. The summed E-state index contributed by atoms with van der Waals surface area (Å²) in [5.41, 5.74) is 7.17. The number of nitrogens with two attached hydrogens (primary N) is 1. The zero-order chi connectivity index (χ0) is 20.6. The third-order valence-corrected chi connectivity index (χ3v) is 5.41. The summed E-state index contributed by atoms with van der Waals surface area (Å²) in [5, 5.41) is 3.00. The lowest BCUT2D eigenvalue weighted by Crippen LogP contribution is -3.00. The van der Waals surface area contributed by atoms with Gasteiger partial charge in [0, 0.05) is 12.1 Å². The van der Waals surface area contributed by atoms with Gasteiger partial charge in [0.25, 0.3) is 5.91 Å². The van der Waals surface area contributed by atoms with Gasteiger partial charge < -0.3 is 45.1 Å². The number of nitrogens with one attached hydrogen (secondary N) is 1. The Morgan fingerprint density at radius 1 is 1.20 bits per heavy atom. The minimum absolute atomic E-state index is 0. The second-order valence-corrected chi connectivity index (χ2v) is 7.27. The van der Waals surface area contributed by atoms with Crippen molar-refractivity contribution in [2.75, 3.05) is 43.8 Å². The van der Waals surface area contributed by atoms with Gasteiger partial charge in [0.15, 0.2) is 6.54 Å². The molecule has 2 aromatic rings. The summed E-state index contributed by atoms with van der Waals surface area (Å²) in [6.45, 7) is 11.0. The first-order valence-corrected chi connectivity index (χ1v) is 10.1. The number of carbonyl (C=O) groups excluding carboxylic acids is 1. The Hall–Kier alpha value is -1.96. The molecule has 0 fully saturated rings. The highest BCUT2D eigenvalue weighted by molar-refractivity contribution is 5.93. The largest absolute Gasteiger partial charge is 1.00 e. The molecule has 0 bridgehead atoms. The van der Waals surface area contributed by atoms with E-state index in [1.54, 1.807) is 12.1 Å². The van der Waals surface area contributed by atoms with Gasteiger partial charge in [-0.05, 0) is 39.0 Å². The molecule has 2 rings (SSSR count). The predicted octanol–water partition coefficient (Wildman–Crippen LogP) is -3.81. The number of hydrogen-bond donors (Lipinski definition) is 2. The molecule has 1 amide bonds. The maximum absolute atomic E-state index is 12.7. The van der Waals surface area contributed by atoms with Crippen LogP contribution in [0, 0.1) is 0 Å². The molecule has 1 aromatic heterocycles. The number of rotatable bonds is 11. The summed E-state index contributed by atoms with van der Waals surface area (Å²) in [6, 6.07) is 5.38. The Balaban J connectivity index is 0.00000420. The van der Waals surface area contributed by atoms with Gasteiger partial charge in [-0.3, -0.25) is 4.79 Å². The van der Waals surface area contributed by atoms with E-state index in [0.717, 1.165) is 37.1 Å². The number of amides is 1. The van der Waals surface area contributed by atoms with Crippen molar-refractivity contribution in [3.8, 4) is 5.75 Å². The van der Waals surface area contributed by atoms with E-state index in [9.17, 15) is 4.79 Å². The van der Waals surface area contributed by atoms with Crippen molar-refractivity contribution in [2.24, 2.45) is 7.05 Å². The van der Waals surface area contributed by atoms with Crippen molar-refractivity contribution in [3.63, 3.8) is 0 Å². The molecule has 1 aromatic carbocycles. The topological polar surface area (TPSA) is 73.2 Å². The van der Waals surface area contributed by atoms with Crippen LogP contribution in [0.3, 0.4) is 0 Å². The first-order chi connectivity index (χ1) is 13.4. The Kier molecular flexibility index (Phi) is 12.5. The van der Waals surface area contributed by atoms with Crippen LogP contribution < -0.4 is 45.2 Å². The van der Waals surface area contributed by atoms with Gasteiger partial charge in [-0.2, -0.15) is 0 Å². The fraction of sp³-hybridized carbons (Fsp3) is 0.524. The van der Waals surface area contributed by atoms with Gasteiger partial charge in [0.05, 0.1) is 45.5 Å². The summed E-state index contributed by atoms with van der Waals surface area (Å²) in [5.74, 6) is 0.643. The standard InChI is InChI=1S/C21H34N5O2.2ClH/c1-5-26(6-2,7-3)16-21(27)23-19-15-18(22)9-10-20(19)28-14-8-11-25-13-12-24(4)17-25;;/h9-10,12-13,15,17H,5-8,11,14,16,22H2,1-4H3;2*1H/q+1;;/p-1. The van der Waals surface area contributed by atoms with Gasteiger partial charge in [-0.15, -0.1) is 0 Å². The molecule has 0 aliphatic rings. The number of aromatic nitrogens is 2. The van der Waals surface area contributed by atoms with Gasteiger partial charge in [-0.25, -0.2) is 9.13 Å². The number of nitrogens with zero attached hydrogens (tertiary/aromatic N) is 3. The molecule has 7 nitrogen and oxygen atoms in total. The summed E-state index contributed by atoms with van der Waals surface area (Å²) in [6.07, 6.45) is 6.95. The van der Waals surface area contributed by atoms with Crippen molar-refractivity contribution in [2.45, 2.75) is 33.7 Å². The molecule has 170 valence electrons. The number of quaternary nitrogens is 1. The van der Waals surface area contributed by atoms with Crippen molar-refractivity contribution in [1.82, 2.24) is 4.57 Å². The average molecular weight is 460 g/mol. The van der Waals surface area contributed by atoms with Crippen molar-refractivity contribution in [3.05, 3.63) is 36.9 Å². The number of carbonyl (C=O) groups is 1. The molecule has 3 N–H and O–H groups in total. The van der Waals surface area contributed by atoms with Crippen LogP contribution in [0.25, 0.3) is 0 Å². The number of hydrogen-bond acceptors (Lipinski definition) is 3. The number of halogens is 2. The lowest BCUT2D eigenvalue weighted by atomic mass is 10.2. The number of anilines is 2. The van der Waals surface area contributed by atoms with Crippen LogP contribution in [0.1, 0.15) is 27.2 Å². The molecule has 9 heteroatoms. The highest BCUT2D eigenvalue weighted by atomic mass is 35.5. The van der Waals surface area contributed by atoms with Gasteiger partial charge >= 0.3 is 0 Å². The predicted molar refractivity (Wildman–Crippen MR) is 112 cm³/mol. The number of nitrogen functional groups attached to an aromatic ring is 1. The molecule has 0 unspecified atom stereocenters. The number of aryl methyl sites for hydroxylation is 2. The lowest BCUT2D eigenvalue weighted by Gasteiger charge is -2.35. The quantitative estimate of drug-likeness (QED) is 0.156. The van der Waals surface area contributed by atoms with Gasteiger partial charge in [-0.1, -0.05) is 0 Å². The molecule has 0 atom stereocenters. The van der Waals surface area contributed by atoms with E-state index in [1.807, 2.05) is 36.4 Å². The zero-order valence-corrected chi connectivity index (χ0v) is 19.9. The van der Waals surface area contributed by atoms with E-state index >= 15 is 0 Å². The monoisotopic (exact) mass is 459 g/mol. The Morgan fingerprint density at radius 3 is 2.43 bits per heavy atom. The van der Waals surface area contributed by atoms with Crippen LogP contribution in [-0.4, -0.2) is 47.7 Å². The SMILES string of the molecule is CC[N+](CC)(CC)CC(=O)Nc1cc(N)ccc1OCCC[n+]1ccn(C)c1.[Cl-].[Cl-]. The highest BCUT2D eigenvalue weighted by Gasteiger charge is 2.25. The van der Waals surface area contributed by atoms with E-state index in [4.69, 9.17) is 10.5 Å². The molecular formula is C21H35Cl2N5O2. The van der Waals surface area contributed by atoms with Crippen LogP contribution >= 0.6 is 0 Å². The molecule has 0 spiro atoms. The summed E-state index contributed by atoms with van der Waals surface area (Å²) in [7, 11) is 2.00. The number of ether oxygens (including phenoxy) is 1. The molecule has 0 radical (unpaired) electrons. The fourth-order valence-electron chi connectivity index (χ4n) is 3.33. The van der Waals surface area contributed by atoms with E-state index < -0.39 is 0 Å². The highest BCUT2D eigenvalue weighted by Crippen LogP contribution is 2.27. The summed E-state index contributed by atoms with van der Waals surface area (Å²) < 4.78 is 10.8. The summed E-state index contributed by atoms with van der Waals surface area (Å²) >= 11 is 0. The molecular weight excluding hydrogens is 425 g/mol. The second kappa shape index (κ2) is 13.4. The Morgan fingerprint density at radius 2 is 1.87 bits per heavy atom. The number of likely N-dealkylation sites (N-methyl/N-ethyl adjacent to an activating group) is 1. The third-order valence-electron chi connectivity index (χ3n) is 5.41. The van der Waals surface area contributed by atoms with Crippen molar-refractivity contribution >= 4 is 17.3 Å². The molecule has 1 heterocycles. The number of imidazole rings is 1. The summed E-state index contributed by atoms with van der Waals surface area (Å²) in [4.78, 5) is 12.7.